The SMILES string of the molecule is COCOc1c(OC)c(C)cc2c1[C@@H]1C3CC4=C(C(=O)C(OC)=C(C)C4=O)C(CNC(C)=O)N3[C@@H](C#N)C(C2)N1C. The van der Waals surface area contributed by atoms with Gasteiger partial charge >= 0.3 is 0 Å². The van der Waals surface area contributed by atoms with Crippen LogP contribution in [0.2, 0.25) is 0 Å². The van der Waals surface area contributed by atoms with Crippen molar-refractivity contribution in [3.8, 4) is 17.6 Å². The average Bonchev–Trinajstić information content (AvgIpc) is 2.93. The number of carbonyl (C=O) groups is 3. The van der Waals surface area contributed by atoms with E-state index in [4.69, 9.17) is 18.9 Å². The number of piperazine rings is 1. The van der Waals surface area contributed by atoms with E-state index in [1.54, 1.807) is 21.1 Å². The number of aryl methyl sites for hydroxylation is 1. The van der Waals surface area contributed by atoms with Gasteiger partial charge in [0.15, 0.2) is 29.8 Å². The number of ether oxygens (including phenoxy) is 4. The molecule has 0 spiro atoms. The van der Waals surface area contributed by atoms with Crippen molar-refractivity contribution < 1.29 is 33.3 Å². The number of amides is 1. The molecule has 1 N–H and O–H groups in total. The van der Waals surface area contributed by atoms with E-state index < -0.39 is 12.1 Å². The van der Waals surface area contributed by atoms with Gasteiger partial charge in [0.1, 0.15) is 6.04 Å². The number of hydrogen-bond donors (Lipinski definition) is 1. The van der Waals surface area contributed by atoms with Crippen molar-refractivity contribution in [2.75, 3.05) is 41.7 Å². The van der Waals surface area contributed by atoms with Crippen LogP contribution in [0.5, 0.6) is 11.5 Å². The van der Waals surface area contributed by atoms with Crippen LogP contribution in [-0.2, 0) is 30.3 Å². The maximum atomic E-state index is 13.8. The second kappa shape index (κ2) is 10.9. The molecule has 41 heavy (non-hydrogen) atoms. The Kier molecular flexibility index (Phi) is 7.68. The van der Waals surface area contributed by atoms with Crippen molar-refractivity contribution in [3.63, 3.8) is 0 Å². The Morgan fingerprint density at radius 1 is 1.10 bits per heavy atom. The van der Waals surface area contributed by atoms with Gasteiger partial charge in [0, 0.05) is 54.9 Å². The lowest BCUT2D eigenvalue weighted by Crippen LogP contribution is -2.71. The van der Waals surface area contributed by atoms with E-state index in [1.807, 2.05) is 18.9 Å². The lowest BCUT2D eigenvalue weighted by Gasteiger charge is -2.60. The number of methoxy groups -OCH3 is 3. The van der Waals surface area contributed by atoms with E-state index in [0.29, 0.717) is 29.1 Å². The molecular formula is C30H36N4O7. The molecular weight excluding hydrogens is 528 g/mol. The Labute approximate surface area is 239 Å². The van der Waals surface area contributed by atoms with Crippen molar-refractivity contribution in [3.05, 3.63) is 45.2 Å². The Bertz CT molecular complexity index is 1420. The highest BCUT2D eigenvalue weighted by Gasteiger charge is 2.58. The third-order valence-electron chi connectivity index (χ3n) is 8.91. The van der Waals surface area contributed by atoms with Gasteiger partial charge in [-0.05, 0) is 44.9 Å². The van der Waals surface area contributed by atoms with Crippen LogP contribution in [0.25, 0.3) is 0 Å². The van der Waals surface area contributed by atoms with E-state index in [2.05, 4.69) is 22.4 Å². The van der Waals surface area contributed by atoms with Crippen LogP contribution in [0.15, 0.2) is 28.5 Å². The van der Waals surface area contributed by atoms with E-state index in [9.17, 15) is 19.6 Å². The van der Waals surface area contributed by atoms with Gasteiger partial charge in [-0.1, -0.05) is 6.07 Å². The predicted octanol–water partition coefficient (Wildman–Crippen LogP) is 1.74. The fourth-order valence-electron chi connectivity index (χ4n) is 7.29. The number of Topliss-reactive ketones (excluding diaryl/α,β-unsaturated/α-hetero) is 2. The minimum atomic E-state index is -0.706. The lowest BCUT2D eigenvalue weighted by molar-refractivity contribution is -0.124. The monoisotopic (exact) mass is 564 g/mol. The summed E-state index contributed by atoms with van der Waals surface area (Å²) in [7, 11) is 6.50. The topological polar surface area (TPSA) is 130 Å². The molecule has 1 amide bonds. The van der Waals surface area contributed by atoms with Gasteiger partial charge in [-0.15, -0.1) is 0 Å². The van der Waals surface area contributed by atoms with E-state index >= 15 is 0 Å². The number of nitriles is 1. The maximum absolute atomic E-state index is 13.8. The molecule has 11 nitrogen and oxygen atoms in total. The minimum Gasteiger partial charge on any atom is -0.493 e. The van der Waals surface area contributed by atoms with Crippen molar-refractivity contribution in [1.29, 1.82) is 5.26 Å². The number of ketones is 2. The summed E-state index contributed by atoms with van der Waals surface area (Å²) in [5.41, 5.74) is 3.82. The number of benzene rings is 1. The third-order valence-corrected chi connectivity index (χ3v) is 8.91. The lowest BCUT2D eigenvalue weighted by atomic mass is 9.69. The van der Waals surface area contributed by atoms with Crippen molar-refractivity contribution in [2.24, 2.45) is 0 Å². The Balaban J connectivity index is 1.75. The highest BCUT2D eigenvalue weighted by atomic mass is 16.7. The van der Waals surface area contributed by atoms with Gasteiger partial charge in [0.2, 0.25) is 11.7 Å². The molecule has 2 bridgehead atoms. The molecule has 3 unspecified atom stereocenters. The molecule has 5 rings (SSSR count). The fourth-order valence-corrected chi connectivity index (χ4v) is 7.29. The molecule has 5 atom stereocenters. The van der Waals surface area contributed by atoms with Gasteiger partial charge in [-0.3, -0.25) is 24.2 Å². The largest absolute Gasteiger partial charge is 0.493 e. The summed E-state index contributed by atoms with van der Waals surface area (Å²) in [6.07, 6.45) is 0.802. The van der Waals surface area contributed by atoms with Gasteiger partial charge in [-0.25, -0.2) is 0 Å². The first kappa shape index (κ1) is 28.8. The zero-order chi connectivity index (χ0) is 29.7. The summed E-state index contributed by atoms with van der Waals surface area (Å²) in [6, 6.07) is 2.37. The van der Waals surface area contributed by atoms with Crippen molar-refractivity contribution in [1.82, 2.24) is 15.1 Å². The summed E-state index contributed by atoms with van der Waals surface area (Å²) in [5, 5.41) is 13.4. The highest BCUT2D eigenvalue weighted by molar-refractivity contribution is 6.25. The second-order valence-corrected chi connectivity index (χ2v) is 11.0. The number of nitrogens with zero attached hydrogens (tertiary/aromatic N) is 3. The second-order valence-electron chi connectivity index (χ2n) is 11.0. The minimum absolute atomic E-state index is 0.00339. The zero-order valence-corrected chi connectivity index (χ0v) is 24.5. The molecule has 1 aromatic carbocycles. The fraction of sp³-hybridized carbons (Fsp3) is 0.533. The van der Waals surface area contributed by atoms with E-state index in [-0.39, 0.29) is 66.7 Å². The Hall–Kier alpha value is -3.72. The molecule has 218 valence electrons. The van der Waals surface area contributed by atoms with Crippen LogP contribution in [0.1, 0.15) is 43.0 Å². The smallest absolute Gasteiger partial charge is 0.226 e. The molecule has 3 heterocycles. The molecule has 1 aromatic rings. The van der Waals surface area contributed by atoms with Crippen LogP contribution in [-0.4, -0.2) is 93.2 Å². The number of allylic oxidation sites excluding steroid dienone is 2. The number of fused-ring (bicyclic) bond motifs is 6. The molecule has 1 saturated heterocycles. The normalized spacial score (nSPS) is 27.5. The first-order chi connectivity index (χ1) is 19.6. The molecule has 3 aliphatic heterocycles. The average molecular weight is 565 g/mol. The molecule has 4 aliphatic rings. The number of rotatable bonds is 7. The highest BCUT2D eigenvalue weighted by Crippen LogP contribution is 2.54. The maximum Gasteiger partial charge on any atom is 0.226 e. The van der Waals surface area contributed by atoms with Crippen LogP contribution in [0.3, 0.4) is 0 Å². The first-order valence-electron chi connectivity index (χ1n) is 13.6. The summed E-state index contributed by atoms with van der Waals surface area (Å²) in [6.45, 7) is 5.03. The molecule has 11 heteroatoms. The predicted molar refractivity (Wildman–Crippen MR) is 147 cm³/mol. The van der Waals surface area contributed by atoms with Gasteiger partial charge in [0.05, 0.1) is 32.4 Å². The van der Waals surface area contributed by atoms with Crippen LogP contribution < -0.4 is 14.8 Å². The molecule has 0 aromatic heterocycles. The van der Waals surface area contributed by atoms with E-state index in [1.165, 1.54) is 14.0 Å². The molecule has 0 radical (unpaired) electrons. The quantitative estimate of drug-likeness (QED) is 0.386. The van der Waals surface area contributed by atoms with Gasteiger partial charge in [-0.2, -0.15) is 5.26 Å². The van der Waals surface area contributed by atoms with Crippen molar-refractivity contribution in [2.45, 2.75) is 63.8 Å². The third kappa shape index (κ3) is 4.33. The number of hydrogen-bond acceptors (Lipinski definition) is 10. The Morgan fingerprint density at radius 3 is 2.44 bits per heavy atom. The standard InChI is InChI=1S/C30H36N4O7/c1-14-8-17-9-19-21(11-31)34-20(25(33(19)4)23(17)30(28(14)39-6)41-13-38-5)10-18-24(22(34)12-32-16(3)35)27(37)29(40-7)15(2)26(18)36/h8,19-22,25H,9-10,12-13H2,1-7H3,(H,32,35)/t19?,20?,21-,22?,25-/m0/s1. The molecule has 1 aliphatic carbocycles. The van der Waals surface area contributed by atoms with Crippen LogP contribution in [0, 0.1) is 18.3 Å². The molecule has 0 saturated carbocycles. The zero-order valence-electron chi connectivity index (χ0n) is 24.5. The van der Waals surface area contributed by atoms with Crippen molar-refractivity contribution >= 4 is 17.5 Å². The summed E-state index contributed by atoms with van der Waals surface area (Å²) in [4.78, 5) is 43.9. The van der Waals surface area contributed by atoms with Gasteiger partial charge in [0.25, 0.3) is 0 Å². The van der Waals surface area contributed by atoms with Crippen LogP contribution in [0.4, 0.5) is 0 Å². The van der Waals surface area contributed by atoms with Crippen LogP contribution >= 0.6 is 0 Å². The molecule has 1 fully saturated rings. The van der Waals surface area contributed by atoms with Gasteiger partial charge < -0.3 is 24.3 Å². The number of likely N-dealkylation sites (N-methyl/N-ethyl adjacent to an activating group) is 1. The summed E-state index contributed by atoms with van der Waals surface area (Å²) >= 11 is 0. The number of carbonyl (C=O) groups excluding carboxylic acids is 3. The Morgan fingerprint density at radius 2 is 1.83 bits per heavy atom. The summed E-state index contributed by atoms with van der Waals surface area (Å²) in [5.74, 6) is 0.262. The summed E-state index contributed by atoms with van der Waals surface area (Å²) < 4.78 is 22.6. The first-order valence-corrected chi connectivity index (χ1v) is 13.6. The van der Waals surface area contributed by atoms with E-state index in [0.717, 1.165) is 16.7 Å². The number of nitrogens with one attached hydrogen (secondary N) is 1.